The minimum atomic E-state index is -0.811. The molecule has 2 aliphatic rings. The number of urea groups is 1. The fraction of sp³-hybridized carbons (Fsp3) is 0.320. The molecule has 3 amide bonds. The van der Waals surface area contributed by atoms with E-state index in [1.54, 1.807) is 23.6 Å². The third-order valence-corrected chi connectivity index (χ3v) is 6.52. The average molecular weight is 431 g/mol. The first-order valence-corrected chi connectivity index (χ1v) is 11.0. The Labute approximate surface area is 187 Å². The van der Waals surface area contributed by atoms with E-state index in [0.717, 1.165) is 30.8 Å². The van der Waals surface area contributed by atoms with Crippen molar-refractivity contribution < 1.29 is 14.0 Å². The summed E-state index contributed by atoms with van der Waals surface area (Å²) in [5.41, 5.74) is 2.04. The number of rotatable bonds is 6. The maximum Gasteiger partial charge on any atom is 0.328 e. The predicted molar refractivity (Wildman–Crippen MR) is 118 cm³/mol. The number of amides is 3. The molecule has 0 radical (unpaired) electrons. The second kappa shape index (κ2) is 8.59. The molecule has 32 heavy (non-hydrogen) atoms. The Balaban J connectivity index is 1.40. The van der Waals surface area contributed by atoms with Crippen LogP contribution in [0, 0.1) is 0 Å². The van der Waals surface area contributed by atoms with E-state index in [2.05, 4.69) is 9.88 Å². The lowest BCUT2D eigenvalue weighted by atomic mass is 9.85. The van der Waals surface area contributed by atoms with Crippen LogP contribution in [0.3, 0.4) is 0 Å². The molecular weight excluding hydrogens is 404 g/mol. The summed E-state index contributed by atoms with van der Waals surface area (Å²) in [6.07, 6.45) is 6.34. The number of hydrogen-bond donors (Lipinski definition) is 0. The smallest absolute Gasteiger partial charge is 0.328 e. The quantitative estimate of drug-likeness (QED) is 0.558. The summed E-state index contributed by atoms with van der Waals surface area (Å²) in [6.45, 7) is 2.89. The molecule has 4 heterocycles. The van der Waals surface area contributed by atoms with Crippen molar-refractivity contribution in [3.05, 3.63) is 90.1 Å². The van der Waals surface area contributed by atoms with Crippen LogP contribution >= 0.6 is 0 Å². The van der Waals surface area contributed by atoms with Crippen LogP contribution in [-0.2, 0) is 24.4 Å². The lowest BCUT2D eigenvalue weighted by Crippen LogP contribution is -2.56. The lowest BCUT2D eigenvalue weighted by Gasteiger charge is -2.42. The van der Waals surface area contributed by atoms with Crippen LogP contribution < -0.4 is 0 Å². The molecule has 0 unspecified atom stereocenters. The first kappa shape index (κ1) is 20.5. The number of carbonyl (C=O) groups excluding carboxylic acids is 2. The molecule has 0 aliphatic carbocycles. The monoisotopic (exact) mass is 430 g/mol. The third-order valence-electron chi connectivity index (χ3n) is 6.52. The van der Waals surface area contributed by atoms with E-state index in [9.17, 15) is 9.59 Å². The predicted octanol–water partition coefficient (Wildman–Crippen LogP) is 3.67. The number of carbonyl (C=O) groups is 2. The zero-order valence-electron chi connectivity index (χ0n) is 17.9. The number of pyridine rings is 1. The Morgan fingerprint density at radius 1 is 0.875 bits per heavy atom. The number of nitrogens with zero attached hydrogens (tertiary/aromatic N) is 4. The number of hydrogen-bond acceptors (Lipinski definition) is 5. The van der Waals surface area contributed by atoms with Gasteiger partial charge in [-0.3, -0.25) is 19.6 Å². The highest BCUT2D eigenvalue weighted by atomic mass is 16.3. The molecule has 0 saturated carbocycles. The van der Waals surface area contributed by atoms with Gasteiger partial charge >= 0.3 is 6.03 Å². The molecular formula is C25H26N4O3. The maximum atomic E-state index is 13.7. The van der Waals surface area contributed by atoms with Gasteiger partial charge in [0.15, 0.2) is 0 Å². The molecule has 2 aromatic heterocycles. The number of likely N-dealkylation sites (tertiary alicyclic amines) is 1. The zero-order chi connectivity index (χ0) is 22.0. The van der Waals surface area contributed by atoms with Crippen molar-refractivity contribution in [3.8, 4) is 0 Å². The Bertz CT molecular complexity index is 1060. The molecule has 3 aromatic rings. The minimum Gasteiger partial charge on any atom is -0.472 e. The first-order chi connectivity index (χ1) is 15.7. The summed E-state index contributed by atoms with van der Waals surface area (Å²) in [6, 6.07) is 17.2. The van der Waals surface area contributed by atoms with Crippen LogP contribution in [0.4, 0.5) is 4.79 Å². The molecule has 164 valence electrons. The van der Waals surface area contributed by atoms with E-state index in [1.807, 2.05) is 54.6 Å². The fourth-order valence-electron chi connectivity index (χ4n) is 4.77. The second-order valence-electron chi connectivity index (χ2n) is 8.51. The molecule has 5 rings (SSSR count). The van der Waals surface area contributed by atoms with Crippen molar-refractivity contribution in [2.24, 2.45) is 0 Å². The second-order valence-corrected chi connectivity index (χ2v) is 8.51. The average Bonchev–Trinajstić information content (AvgIpc) is 3.40. The molecule has 2 saturated heterocycles. The van der Waals surface area contributed by atoms with E-state index in [-0.39, 0.29) is 18.5 Å². The number of aromatic nitrogens is 1. The zero-order valence-corrected chi connectivity index (χ0v) is 17.9. The molecule has 1 aromatic carbocycles. The number of furan rings is 1. The highest BCUT2D eigenvalue weighted by Gasteiger charge is 2.57. The van der Waals surface area contributed by atoms with Gasteiger partial charge in [0, 0.05) is 37.9 Å². The SMILES string of the molecule is O=C1N(Cc2ccccn2)C(=O)C2(CCN(Cc3ccoc3)CC2)N1Cc1ccccc1. The third kappa shape index (κ3) is 3.80. The molecule has 0 N–H and O–H groups in total. The van der Waals surface area contributed by atoms with E-state index in [4.69, 9.17) is 4.42 Å². The molecule has 2 fully saturated rings. The molecule has 2 aliphatic heterocycles. The Hall–Kier alpha value is -3.45. The number of piperidine rings is 1. The summed E-state index contributed by atoms with van der Waals surface area (Å²) in [5, 5.41) is 0. The Morgan fingerprint density at radius 2 is 1.66 bits per heavy atom. The van der Waals surface area contributed by atoms with Gasteiger partial charge < -0.3 is 9.32 Å². The maximum absolute atomic E-state index is 13.7. The van der Waals surface area contributed by atoms with Crippen molar-refractivity contribution in [1.29, 1.82) is 0 Å². The van der Waals surface area contributed by atoms with Crippen LogP contribution in [0.25, 0.3) is 0 Å². The number of imide groups is 1. The standard InChI is InChI=1S/C25H26N4O3/c30-23-25(10-13-27(14-11-25)16-21-9-15-32-19-21)29(17-20-6-2-1-3-7-20)24(31)28(23)18-22-8-4-5-12-26-22/h1-9,12,15,19H,10-11,13-14,16-18H2. The van der Waals surface area contributed by atoms with Gasteiger partial charge in [-0.1, -0.05) is 36.4 Å². The highest BCUT2D eigenvalue weighted by Crippen LogP contribution is 2.39. The van der Waals surface area contributed by atoms with Crippen molar-refractivity contribution in [3.63, 3.8) is 0 Å². The van der Waals surface area contributed by atoms with Gasteiger partial charge in [0.2, 0.25) is 0 Å². The summed E-state index contributed by atoms with van der Waals surface area (Å²) in [7, 11) is 0. The highest BCUT2D eigenvalue weighted by molar-refractivity contribution is 6.07. The summed E-state index contributed by atoms with van der Waals surface area (Å²) < 4.78 is 5.19. The van der Waals surface area contributed by atoms with E-state index in [1.165, 1.54) is 4.90 Å². The minimum absolute atomic E-state index is 0.105. The van der Waals surface area contributed by atoms with Gasteiger partial charge in [0.05, 0.1) is 24.8 Å². The Kier molecular flexibility index (Phi) is 5.49. The Morgan fingerprint density at radius 3 is 2.34 bits per heavy atom. The van der Waals surface area contributed by atoms with Gasteiger partial charge in [-0.25, -0.2) is 4.79 Å². The van der Waals surface area contributed by atoms with Crippen LogP contribution in [0.5, 0.6) is 0 Å². The fourth-order valence-corrected chi connectivity index (χ4v) is 4.77. The van der Waals surface area contributed by atoms with Gasteiger partial charge in [0.1, 0.15) is 5.54 Å². The molecule has 7 nitrogen and oxygen atoms in total. The molecule has 0 bridgehead atoms. The van der Waals surface area contributed by atoms with E-state index < -0.39 is 5.54 Å². The van der Waals surface area contributed by atoms with Crippen molar-refractivity contribution in [2.75, 3.05) is 13.1 Å². The van der Waals surface area contributed by atoms with Gasteiger partial charge in [0.25, 0.3) is 5.91 Å². The molecule has 7 heteroatoms. The lowest BCUT2D eigenvalue weighted by molar-refractivity contribution is -0.136. The summed E-state index contributed by atoms with van der Waals surface area (Å²) in [4.78, 5) is 37.1. The van der Waals surface area contributed by atoms with Crippen LogP contribution in [0.15, 0.2) is 77.7 Å². The largest absolute Gasteiger partial charge is 0.472 e. The topological polar surface area (TPSA) is 69.9 Å². The van der Waals surface area contributed by atoms with Crippen LogP contribution in [0.1, 0.15) is 29.7 Å². The van der Waals surface area contributed by atoms with Gasteiger partial charge in [-0.2, -0.15) is 0 Å². The van der Waals surface area contributed by atoms with Crippen molar-refractivity contribution >= 4 is 11.9 Å². The van der Waals surface area contributed by atoms with Crippen molar-refractivity contribution in [1.82, 2.24) is 19.7 Å². The normalized spacial score (nSPS) is 18.6. The van der Waals surface area contributed by atoms with Crippen LogP contribution in [0.2, 0.25) is 0 Å². The van der Waals surface area contributed by atoms with Crippen molar-refractivity contribution in [2.45, 2.75) is 38.0 Å². The summed E-state index contributed by atoms with van der Waals surface area (Å²) >= 11 is 0. The van der Waals surface area contributed by atoms with Gasteiger partial charge in [-0.05, 0) is 36.6 Å². The van der Waals surface area contributed by atoms with Crippen LogP contribution in [-0.4, -0.2) is 50.3 Å². The first-order valence-electron chi connectivity index (χ1n) is 11.0. The molecule has 1 spiro atoms. The number of benzene rings is 1. The molecule has 0 atom stereocenters. The van der Waals surface area contributed by atoms with Gasteiger partial charge in [-0.15, -0.1) is 0 Å². The van der Waals surface area contributed by atoms with E-state index >= 15 is 0 Å². The summed E-state index contributed by atoms with van der Waals surface area (Å²) in [5.74, 6) is -0.105. The van der Waals surface area contributed by atoms with E-state index in [0.29, 0.717) is 25.1 Å².